The van der Waals surface area contributed by atoms with Crippen LogP contribution in [0.3, 0.4) is 0 Å². The molecule has 2 aliphatic heterocycles. The predicted molar refractivity (Wildman–Crippen MR) is 86.5 cm³/mol. The minimum Gasteiger partial charge on any atom is -0.336 e. The molecule has 1 amide bonds. The van der Waals surface area contributed by atoms with Crippen molar-refractivity contribution < 1.29 is 14.3 Å². The number of nitrogens with zero attached hydrogens (tertiary/aromatic N) is 1. The molecule has 2 aliphatic rings. The number of amides is 1. The number of halogens is 2. The maximum absolute atomic E-state index is 12.9. The van der Waals surface area contributed by atoms with Gasteiger partial charge in [-0.2, -0.15) is 0 Å². The van der Waals surface area contributed by atoms with E-state index in [1.807, 2.05) is 0 Å². The van der Waals surface area contributed by atoms with Crippen LogP contribution in [0.5, 0.6) is 0 Å². The van der Waals surface area contributed by atoms with Crippen molar-refractivity contribution in [2.75, 3.05) is 24.7 Å². The zero-order valence-electron chi connectivity index (χ0n) is 12.5. The van der Waals surface area contributed by atoms with Crippen molar-refractivity contribution in [2.24, 2.45) is 0 Å². The summed E-state index contributed by atoms with van der Waals surface area (Å²) in [5.74, 6) is -1.52. The SMILES string of the molecule is CCCCCCN1C(=O)C2(OCCO2)c2ccc(Cl)c(Cl)c21. The van der Waals surface area contributed by atoms with Crippen molar-refractivity contribution in [1.29, 1.82) is 0 Å². The van der Waals surface area contributed by atoms with E-state index >= 15 is 0 Å². The van der Waals surface area contributed by atoms with E-state index in [0.29, 0.717) is 41.1 Å². The Morgan fingerprint density at radius 2 is 1.91 bits per heavy atom. The summed E-state index contributed by atoms with van der Waals surface area (Å²) in [6.07, 6.45) is 4.28. The van der Waals surface area contributed by atoms with Crippen molar-refractivity contribution >= 4 is 34.8 Å². The van der Waals surface area contributed by atoms with Crippen LogP contribution in [0.15, 0.2) is 12.1 Å². The fourth-order valence-corrected chi connectivity index (χ4v) is 3.48. The molecular formula is C16H19Cl2NO3. The number of fused-ring (bicyclic) bond motifs is 2. The molecule has 0 bridgehead atoms. The van der Waals surface area contributed by atoms with E-state index in [-0.39, 0.29) is 5.91 Å². The van der Waals surface area contributed by atoms with Crippen molar-refractivity contribution in [1.82, 2.24) is 0 Å². The van der Waals surface area contributed by atoms with E-state index in [4.69, 9.17) is 32.7 Å². The number of ether oxygens (including phenoxy) is 2. The van der Waals surface area contributed by atoms with Gasteiger partial charge in [-0.05, 0) is 18.6 Å². The Kier molecular flexibility index (Phi) is 4.64. The maximum atomic E-state index is 12.9. The Morgan fingerprint density at radius 1 is 1.18 bits per heavy atom. The molecule has 0 saturated carbocycles. The number of rotatable bonds is 5. The highest BCUT2D eigenvalue weighted by Crippen LogP contribution is 2.50. The number of carbonyl (C=O) groups is 1. The van der Waals surface area contributed by atoms with E-state index in [2.05, 4.69) is 6.92 Å². The topological polar surface area (TPSA) is 38.8 Å². The fraction of sp³-hybridized carbons (Fsp3) is 0.562. The first-order valence-electron chi connectivity index (χ1n) is 7.70. The third-order valence-electron chi connectivity index (χ3n) is 4.15. The Labute approximate surface area is 140 Å². The van der Waals surface area contributed by atoms with Gasteiger partial charge in [-0.25, -0.2) is 0 Å². The molecule has 0 radical (unpaired) electrons. The summed E-state index contributed by atoms with van der Waals surface area (Å²) in [4.78, 5) is 14.6. The lowest BCUT2D eigenvalue weighted by Crippen LogP contribution is -2.41. The molecule has 1 fully saturated rings. The van der Waals surface area contributed by atoms with Crippen LogP contribution < -0.4 is 4.90 Å². The monoisotopic (exact) mass is 343 g/mol. The molecule has 120 valence electrons. The molecule has 22 heavy (non-hydrogen) atoms. The molecular weight excluding hydrogens is 325 g/mol. The van der Waals surface area contributed by atoms with Gasteiger partial charge in [0, 0.05) is 12.1 Å². The second-order valence-corrected chi connectivity index (χ2v) is 6.37. The largest absolute Gasteiger partial charge is 0.336 e. The molecule has 1 aromatic carbocycles. The van der Waals surface area contributed by atoms with Crippen LogP contribution in [0.4, 0.5) is 5.69 Å². The van der Waals surface area contributed by atoms with Crippen LogP contribution in [0.1, 0.15) is 38.2 Å². The van der Waals surface area contributed by atoms with Gasteiger partial charge in [0.15, 0.2) is 0 Å². The normalized spacial score (nSPS) is 19.2. The van der Waals surface area contributed by atoms with Crippen LogP contribution in [-0.4, -0.2) is 25.7 Å². The highest BCUT2D eigenvalue weighted by atomic mass is 35.5. The first-order valence-corrected chi connectivity index (χ1v) is 8.45. The first-order chi connectivity index (χ1) is 10.6. The van der Waals surface area contributed by atoms with Crippen molar-refractivity contribution in [3.05, 3.63) is 27.7 Å². The lowest BCUT2D eigenvalue weighted by Gasteiger charge is -2.22. The van der Waals surface area contributed by atoms with Gasteiger partial charge in [0.05, 0.1) is 28.9 Å². The first kappa shape index (κ1) is 16.1. The average molecular weight is 344 g/mol. The van der Waals surface area contributed by atoms with Gasteiger partial charge in [0.2, 0.25) is 0 Å². The molecule has 2 heterocycles. The molecule has 4 nitrogen and oxygen atoms in total. The smallest absolute Gasteiger partial charge is 0.292 e. The second kappa shape index (κ2) is 6.36. The molecule has 0 aromatic heterocycles. The third kappa shape index (κ3) is 2.42. The third-order valence-corrected chi connectivity index (χ3v) is 4.94. The number of hydrogen-bond donors (Lipinski definition) is 0. The second-order valence-electron chi connectivity index (χ2n) is 5.59. The summed E-state index contributed by atoms with van der Waals surface area (Å²) >= 11 is 12.5. The molecule has 3 rings (SSSR count). The lowest BCUT2D eigenvalue weighted by atomic mass is 10.1. The molecule has 0 aliphatic carbocycles. The number of anilines is 1. The zero-order valence-corrected chi connectivity index (χ0v) is 14.0. The summed E-state index contributed by atoms with van der Waals surface area (Å²) in [5, 5.41) is 0.820. The van der Waals surface area contributed by atoms with Gasteiger partial charge in [-0.1, -0.05) is 49.4 Å². The Balaban J connectivity index is 1.95. The molecule has 0 unspecified atom stereocenters. The summed E-state index contributed by atoms with van der Waals surface area (Å²) in [6.45, 7) is 3.55. The van der Waals surface area contributed by atoms with E-state index in [0.717, 1.165) is 25.7 Å². The molecule has 6 heteroatoms. The maximum Gasteiger partial charge on any atom is 0.292 e. The Bertz CT molecular complexity index is 585. The Hall–Kier alpha value is -0.810. The average Bonchev–Trinajstić information content (AvgIpc) is 3.08. The predicted octanol–water partition coefficient (Wildman–Crippen LogP) is 4.12. The summed E-state index contributed by atoms with van der Waals surface area (Å²) in [6, 6.07) is 3.46. The number of unbranched alkanes of at least 4 members (excludes halogenated alkanes) is 3. The molecule has 1 saturated heterocycles. The number of benzene rings is 1. The minimum atomic E-state index is -1.33. The highest BCUT2D eigenvalue weighted by molar-refractivity contribution is 6.44. The van der Waals surface area contributed by atoms with Crippen LogP contribution in [-0.2, 0) is 20.1 Å². The number of hydrogen-bond acceptors (Lipinski definition) is 3. The fourth-order valence-electron chi connectivity index (χ4n) is 3.07. The molecule has 1 aromatic rings. The van der Waals surface area contributed by atoms with Crippen LogP contribution >= 0.6 is 23.2 Å². The van der Waals surface area contributed by atoms with E-state index < -0.39 is 5.79 Å². The number of carbonyl (C=O) groups excluding carboxylic acids is 1. The van der Waals surface area contributed by atoms with Gasteiger partial charge < -0.3 is 14.4 Å². The molecule has 0 atom stereocenters. The Morgan fingerprint density at radius 3 is 2.59 bits per heavy atom. The van der Waals surface area contributed by atoms with Crippen LogP contribution in [0.25, 0.3) is 0 Å². The zero-order chi connectivity index (χ0) is 15.7. The minimum absolute atomic E-state index is 0.194. The van der Waals surface area contributed by atoms with E-state index in [1.54, 1.807) is 17.0 Å². The summed E-state index contributed by atoms with van der Waals surface area (Å²) in [7, 11) is 0. The molecule has 0 N–H and O–H groups in total. The van der Waals surface area contributed by atoms with Gasteiger partial charge in [-0.3, -0.25) is 4.79 Å². The summed E-state index contributed by atoms with van der Waals surface area (Å²) < 4.78 is 11.4. The van der Waals surface area contributed by atoms with Gasteiger partial charge >= 0.3 is 0 Å². The van der Waals surface area contributed by atoms with Gasteiger partial charge in [0.25, 0.3) is 11.7 Å². The van der Waals surface area contributed by atoms with Gasteiger partial charge in [0.1, 0.15) is 0 Å². The summed E-state index contributed by atoms with van der Waals surface area (Å²) in [5.41, 5.74) is 1.30. The quantitative estimate of drug-likeness (QED) is 0.755. The van der Waals surface area contributed by atoms with Crippen molar-refractivity contribution in [2.45, 2.75) is 38.4 Å². The van der Waals surface area contributed by atoms with E-state index in [1.165, 1.54) is 0 Å². The van der Waals surface area contributed by atoms with Crippen LogP contribution in [0, 0.1) is 0 Å². The van der Waals surface area contributed by atoms with Crippen molar-refractivity contribution in [3.8, 4) is 0 Å². The standard InChI is InChI=1S/C16H19Cl2NO3/c1-2-3-4-5-8-19-14-11(6-7-12(17)13(14)18)16(15(19)20)21-9-10-22-16/h6-7H,2-5,8-10H2,1H3. The highest BCUT2D eigenvalue weighted by Gasteiger charge is 2.56. The van der Waals surface area contributed by atoms with Crippen LogP contribution in [0.2, 0.25) is 10.0 Å². The van der Waals surface area contributed by atoms with Gasteiger partial charge in [-0.15, -0.1) is 0 Å². The lowest BCUT2D eigenvalue weighted by molar-refractivity contribution is -0.180. The van der Waals surface area contributed by atoms with Crippen molar-refractivity contribution in [3.63, 3.8) is 0 Å². The van der Waals surface area contributed by atoms with E-state index in [9.17, 15) is 4.79 Å². The molecule has 1 spiro atoms.